The van der Waals surface area contributed by atoms with Crippen LogP contribution in [0.2, 0.25) is 5.02 Å². The molecule has 3 aromatic rings. The van der Waals surface area contributed by atoms with Crippen LogP contribution in [0.4, 0.5) is 4.39 Å². The molecular formula is C22H23BrClFN4O2. The van der Waals surface area contributed by atoms with Crippen LogP contribution >= 0.6 is 27.5 Å². The van der Waals surface area contributed by atoms with Crippen LogP contribution in [0.15, 0.2) is 41.1 Å². The van der Waals surface area contributed by atoms with Crippen molar-refractivity contribution in [3.63, 3.8) is 0 Å². The third-order valence-electron chi connectivity index (χ3n) is 5.57. The lowest BCUT2D eigenvalue weighted by molar-refractivity contribution is 0.122. The van der Waals surface area contributed by atoms with Crippen molar-refractivity contribution in [2.75, 3.05) is 19.7 Å². The zero-order valence-corrected chi connectivity index (χ0v) is 19.3. The van der Waals surface area contributed by atoms with Gasteiger partial charge in [0.15, 0.2) is 11.6 Å². The number of nitrogens with zero attached hydrogens (tertiary/aromatic N) is 3. The Hall–Kier alpha value is -2.00. The fraction of sp³-hybridized carbons (Fsp3) is 0.364. The summed E-state index contributed by atoms with van der Waals surface area (Å²) in [7, 11) is 0. The number of aromatic hydroxyl groups is 1. The number of hydrogen-bond donors (Lipinski definition) is 2. The van der Waals surface area contributed by atoms with Crippen LogP contribution < -0.4 is 10.1 Å². The van der Waals surface area contributed by atoms with Crippen molar-refractivity contribution in [2.24, 2.45) is 0 Å². The van der Waals surface area contributed by atoms with Gasteiger partial charge in [-0.05, 0) is 34.8 Å². The van der Waals surface area contributed by atoms with Gasteiger partial charge in [-0.1, -0.05) is 41.9 Å². The first-order chi connectivity index (χ1) is 15.0. The summed E-state index contributed by atoms with van der Waals surface area (Å²) in [5, 5.41) is 13.8. The van der Waals surface area contributed by atoms with Gasteiger partial charge >= 0.3 is 0 Å². The zero-order chi connectivity index (χ0) is 22.0. The van der Waals surface area contributed by atoms with Crippen LogP contribution in [0.1, 0.15) is 18.9 Å². The molecule has 6 nitrogen and oxygen atoms in total. The molecule has 4 rings (SSSR count). The Labute approximate surface area is 193 Å². The van der Waals surface area contributed by atoms with E-state index in [9.17, 15) is 9.50 Å². The molecule has 0 spiro atoms. The normalized spacial score (nSPS) is 19.6. The van der Waals surface area contributed by atoms with Crippen molar-refractivity contribution in [3.05, 3.63) is 57.5 Å². The quantitative estimate of drug-likeness (QED) is 0.476. The first-order valence-corrected chi connectivity index (χ1v) is 11.3. The van der Waals surface area contributed by atoms with E-state index in [1.54, 1.807) is 0 Å². The highest BCUT2D eigenvalue weighted by Gasteiger charge is 2.26. The molecule has 0 saturated carbocycles. The first-order valence-electron chi connectivity index (χ1n) is 10.1. The predicted molar refractivity (Wildman–Crippen MR) is 122 cm³/mol. The van der Waals surface area contributed by atoms with Crippen molar-refractivity contribution in [3.8, 4) is 11.6 Å². The van der Waals surface area contributed by atoms with Crippen molar-refractivity contribution in [2.45, 2.75) is 32.0 Å². The van der Waals surface area contributed by atoms with E-state index in [4.69, 9.17) is 16.3 Å². The number of nitrogens with one attached hydrogen (secondary N) is 1. The number of halogens is 3. The van der Waals surface area contributed by atoms with Gasteiger partial charge in [-0.15, -0.1) is 0 Å². The van der Waals surface area contributed by atoms with Crippen LogP contribution in [0.5, 0.6) is 11.6 Å². The molecule has 1 fully saturated rings. The van der Waals surface area contributed by atoms with Crippen LogP contribution in [-0.4, -0.2) is 51.8 Å². The number of fused-ring (bicyclic) bond motifs is 1. The fourth-order valence-corrected chi connectivity index (χ4v) is 4.43. The standard InChI is InChI=1S/C22H23BrClFN4O2/c1-13-9-26-15(11-29(13)10-14-5-3-2-4-6-14)7-8-31-21-16-20(27-12-28-22(16)30)19(25)17(23)18(21)24/h2-6,12-13,15,26H,7-11H2,1H3,(H,27,28,30)/t13-,15+/m1/s1. The van der Waals surface area contributed by atoms with E-state index in [1.165, 1.54) is 5.56 Å². The van der Waals surface area contributed by atoms with E-state index in [2.05, 4.69) is 67.3 Å². The molecule has 0 bridgehead atoms. The largest absolute Gasteiger partial charge is 0.493 e. The second-order valence-electron chi connectivity index (χ2n) is 7.70. The molecule has 2 heterocycles. The van der Waals surface area contributed by atoms with Crippen LogP contribution in [0, 0.1) is 5.82 Å². The van der Waals surface area contributed by atoms with Gasteiger partial charge in [-0.25, -0.2) is 14.4 Å². The zero-order valence-electron chi connectivity index (χ0n) is 17.0. The van der Waals surface area contributed by atoms with Gasteiger partial charge in [0.1, 0.15) is 22.3 Å². The number of ether oxygens (including phenoxy) is 1. The topological polar surface area (TPSA) is 70.5 Å². The molecule has 0 unspecified atom stereocenters. The van der Waals surface area contributed by atoms with Crippen molar-refractivity contribution < 1.29 is 14.2 Å². The number of benzene rings is 2. The van der Waals surface area contributed by atoms with Gasteiger partial charge < -0.3 is 15.2 Å². The molecule has 0 amide bonds. The van der Waals surface area contributed by atoms with Crippen LogP contribution in [0.25, 0.3) is 10.9 Å². The lowest BCUT2D eigenvalue weighted by Crippen LogP contribution is -2.55. The number of hydrogen-bond acceptors (Lipinski definition) is 6. The number of aromatic nitrogens is 2. The Kier molecular flexibility index (Phi) is 6.91. The van der Waals surface area contributed by atoms with Gasteiger partial charge in [0.25, 0.3) is 0 Å². The molecule has 1 aliphatic rings. The molecule has 31 heavy (non-hydrogen) atoms. The highest BCUT2D eigenvalue weighted by molar-refractivity contribution is 9.10. The summed E-state index contributed by atoms with van der Waals surface area (Å²) in [6.45, 7) is 5.22. The monoisotopic (exact) mass is 508 g/mol. The van der Waals surface area contributed by atoms with Crippen molar-refractivity contribution in [1.82, 2.24) is 20.2 Å². The summed E-state index contributed by atoms with van der Waals surface area (Å²) in [5.74, 6) is -0.857. The van der Waals surface area contributed by atoms with Gasteiger partial charge in [-0.3, -0.25) is 4.90 Å². The Morgan fingerprint density at radius 2 is 2.10 bits per heavy atom. The Balaban J connectivity index is 1.44. The summed E-state index contributed by atoms with van der Waals surface area (Å²) in [6, 6.07) is 11.1. The van der Waals surface area contributed by atoms with Crippen molar-refractivity contribution in [1.29, 1.82) is 0 Å². The minimum Gasteiger partial charge on any atom is -0.493 e. The van der Waals surface area contributed by atoms with E-state index < -0.39 is 5.82 Å². The molecule has 1 saturated heterocycles. The smallest absolute Gasteiger partial charge is 0.225 e. The average molecular weight is 510 g/mol. The molecule has 2 atom stereocenters. The van der Waals surface area contributed by atoms with Crippen LogP contribution in [-0.2, 0) is 6.54 Å². The SMILES string of the molecule is C[C@@H]1CN[C@@H](CCOc2c(Cl)c(Br)c(F)c3ncnc(O)c23)CN1Cc1ccccc1. The highest BCUT2D eigenvalue weighted by atomic mass is 79.9. The van der Waals surface area contributed by atoms with Gasteiger partial charge in [0, 0.05) is 31.7 Å². The highest BCUT2D eigenvalue weighted by Crippen LogP contribution is 2.43. The van der Waals surface area contributed by atoms with E-state index in [0.717, 1.165) is 32.4 Å². The minimum absolute atomic E-state index is 0.0440. The number of rotatable bonds is 6. The summed E-state index contributed by atoms with van der Waals surface area (Å²) in [5.41, 5.74) is 1.24. The number of piperazine rings is 1. The van der Waals surface area contributed by atoms with Crippen LogP contribution in [0.3, 0.4) is 0 Å². The van der Waals surface area contributed by atoms with Gasteiger partial charge in [-0.2, -0.15) is 0 Å². The Morgan fingerprint density at radius 3 is 2.87 bits per heavy atom. The second-order valence-corrected chi connectivity index (χ2v) is 8.87. The maximum atomic E-state index is 14.5. The van der Waals surface area contributed by atoms with E-state index >= 15 is 0 Å². The lowest BCUT2D eigenvalue weighted by Gasteiger charge is -2.39. The summed E-state index contributed by atoms with van der Waals surface area (Å²) in [4.78, 5) is 10.1. The minimum atomic E-state index is -0.662. The molecule has 0 radical (unpaired) electrons. The summed E-state index contributed by atoms with van der Waals surface area (Å²) < 4.78 is 20.5. The predicted octanol–water partition coefficient (Wildman–Crippen LogP) is 4.52. The van der Waals surface area contributed by atoms with Gasteiger partial charge in [0.2, 0.25) is 5.88 Å². The van der Waals surface area contributed by atoms with E-state index in [0.29, 0.717) is 12.6 Å². The third kappa shape index (κ3) is 4.77. The molecule has 1 aliphatic heterocycles. The maximum Gasteiger partial charge on any atom is 0.225 e. The maximum absolute atomic E-state index is 14.5. The molecule has 9 heteroatoms. The lowest BCUT2D eigenvalue weighted by atomic mass is 10.1. The Morgan fingerprint density at radius 1 is 1.32 bits per heavy atom. The van der Waals surface area contributed by atoms with E-state index in [1.807, 2.05) is 6.07 Å². The summed E-state index contributed by atoms with van der Waals surface area (Å²) in [6.07, 6.45) is 1.82. The third-order valence-corrected chi connectivity index (χ3v) is 6.90. The molecule has 1 aromatic heterocycles. The average Bonchev–Trinajstić information content (AvgIpc) is 2.77. The molecule has 2 aromatic carbocycles. The fourth-order valence-electron chi connectivity index (χ4n) is 3.83. The molecular weight excluding hydrogens is 487 g/mol. The molecule has 164 valence electrons. The van der Waals surface area contributed by atoms with Gasteiger partial charge in [0.05, 0.1) is 11.1 Å². The Bertz CT molecular complexity index is 1070. The van der Waals surface area contributed by atoms with Crippen molar-refractivity contribution >= 4 is 38.4 Å². The molecule has 0 aliphatic carbocycles. The first kappa shape index (κ1) is 22.2. The summed E-state index contributed by atoms with van der Waals surface area (Å²) >= 11 is 9.44. The molecule has 2 N–H and O–H groups in total. The second kappa shape index (κ2) is 9.65. The van der Waals surface area contributed by atoms with E-state index in [-0.39, 0.29) is 38.1 Å².